The fraction of sp³-hybridized carbons (Fsp3) is 0.379. The maximum atomic E-state index is 11.1. The molecule has 8 nitrogen and oxygen atoms in total. The number of aromatic hydroxyl groups is 6. The fourth-order valence-corrected chi connectivity index (χ4v) is 6.81. The lowest BCUT2D eigenvalue weighted by atomic mass is 9.70. The molecular weight excluding hydrogens is 476 g/mol. The number of hydrogen-bond donors (Lipinski definition) is 7. The van der Waals surface area contributed by atoms with Crippen LogP contribution in [-0.2, 0) is 19.3 Å². The first kappa shape index (κ1) is 23.6. The van der Waals surface area contributed by atoms with Gasteiger partial charge in [0, 0.05) is 58.4 Å². The van der Waals surface area contributed by atoms with Crippen molar-refractivity contribution in [2.45, 2.75) is 62.9 Å². The summed E-state index contributed by atoms with van der Waals surface area (Å²) in [6.07, 6.45) is 4.10. The van der Waals surface area contributed by atoms with E-state index in [-0.39, 0.29) is 58.3 Å². The Labute approximate surface area is 213 Å². The molecule has 0 saturated carbocycles. The highest BCUT2D eigenvalue weighted by Crippen LogP contribution is 2.55. The summed E-state index contributed by atoms with van der Waals surface area (Å²) in [6, 6.07) is 5.17. The Hall–Kier alpha value is -3.78. The van der Waals surface area contributed by atoms with Gasteiger partial charge in [0.1, 0.15) is 46.9 Å². The average Bonchev–Trinajstić information content (AvgIpc) is 2.85. The molecule has 2 unspecified atom stereocenters. The molecule has 1 heterocycles. The number of aliphatic hydroxyl groups excluding tert-OH is 1. The molecule has 3 aromatic carbocycles. The molecule has 6 rings (SSSR count). The van der Waals surface area contributed by atoms with Crippen molar-refractivity contribution < 1.29 is 40.5 Å². The van der Waals surface area contributed by atoms with E-state index in [1.807, 2.05) is 0 Å². The van der Waals surface area contributed by atoms with Gasteiger partial charge in [-0.1, -0.05) is 0 Å². The van der Waals surface area contributed by atoms with Gasteiger partial charge in [0.05, 0.1) is 6.10 Å². The number of phenols is 6. The highest BCUT2D eigenvalue weighted by Gasteiger charge is 2.40. The predicted octanol–water partition coefficient (Wildman–Crippen LogP) is 4.15. The fourth-order valence-electron chi connectivity index (χ4n) is 6.81. The zero-order valence-electron chi connectivity index (χ0n) is 20.2. The van der Waals surface area contributed by atoms with Gasteiger partial charge in [-0.3, -0.25) is 0 Å². The van der Waals surface area contributed by atoms with E-state index in [1.165, 1.54) is 24.3 Å². The second-order valence-electron chi connectivity index (χ2n) is 10.4. The Balaban J connectivity index is 1.58. The largest absolute Gasteiger partial charge is 0.508 e. The summed E-state index contributed by atoms with van der Waals surface area (Å²) in [5, 5.41) is 75.5. The number of aliphatic hydroxyl groups is 1. The number of fused-ring (bicyclic) bond motifs is 3. The number of phenolic OH excluding ortho intramolecular Hbond substituents is 6. The summed E-state index contributed by atoms with van der Waals surface area (Å²) < 4.78 is 5.58. The molecule has 0 fully saturated rings. The molecule has 0 aromatic heterocycles. The SMILES string of the molecule is Oc1cc(O)c2c(c1)OCC(O)[C@@H]2c1c(O)cc(O)c2c1CCCC2c1c(O)cc(O)c2c1CCCC2. The third kappa shape index (κ3) is 3.62. The molecule has 194 valence electrons. The van der Waals surface area contributed by atoms with Crippen LogP contribution in [0.5, 0.6) is 40.2 Å². The van der Waals surface area contributed by atoms with Crippen molar-refractivity contribution >= 4 is 0 Å². The maximum Gasteiger partial charge on any atom is 0.130 e. The lowest BCUT2D eigenvalue weighted by molar-refractivity contribution is 0.0745. The van der Waals surface area contributed by atoms with E-state index in [1.54, 1.807) is 0 Å². The summed E-state index contributed by atoms with van der Waals surface area (Å²) in [4.78, 5) is 0. The van der Waals surface area contributed by atoms with Gasteiger partial charge in [0.15, 0.2) is 0 Å². The Bertz CT molecular complexity index is 1410. The van der Waals surface area contributed by atoms with Crippen molar-refractivity contribution in [1.29, 1.82) is 0 Å². The van der Waals surface area contributed by atoms with Crippen molar-refractivity contribution in [3.05, 3.63) is 63.2 Å². The Morgan fingerprint density at radius 1 is 0.595 bits per heavy atom. The van der Waals surface area contributed by atoms with E-state index in [0.717, 1.165) is 30.4 Å². The minimum absolute atomic E-state index is 0.0189. The van der Waals surface area contributed by atoms with Crippen LogP contribution in [0.15, 0.2) is 24.3 Å². The molecule has 3 aromatic rings. The molecule has 0 radical (unpaired) electrons. The lowest BCUT2D eigenvalue weighted by Gasteiger charge is -2.37. The highest BCUT2D eigenvalue weighted by atomic mass is 16.5. The standard InChI is InChI=1S/C29H30O8/c30-13-8-19(32)28-24(9-13)37-12-23(36)29(28)27-17-7-3-6-16(26(17)21(34)11-22(27)35)25-15-5-2-1-4-14(15)18(31)10-20(25)33/h8-11,16,23,29-36H,1-7,12H2/t16?,23?,29-/m1/s1. The molecule has 37 heavy (non-hydrogen) atoms. The zero-order valence-corrected chi connectivity index (χ0v) is 20.2. The Morgan fingerprint density at radius 2 is 1.19 bits per heavy atom. The molecular formula is C29H30O8. The zero-order chi connectivity index (χ0) is 26.0. The second kappa shape index (κ2) is 8.66. The first-order valence-corrected chi connectivity index (χ1v) is 12.8. The van der Waals surface area contributed by atoms with Crippen LogP contribution in [0.25, 0.3) is 0 Å². The van der Waals surface area contributed by atoms with Crippen LogP contribution in [0.2, 0.25) is 0 Å². The minimum atomic E-state index is -1.10. The van der Waals surface area contributed by atoms with Crippen molar-refractivity contribution in [3.63, 3.8) is 0 Å². The summed E-state index contributed by atoms with van der Waals surface area (Å²) in [7, 11) is 0. The van der Waals surface area contributed by atoms with Gasteiger partial charge >= 0.3 is 0 Å². The summed E-state index contributed by atoms with van der Waals surface area (Å²) in [6.45, 7) is -0.106. The Kier molecular flexibility index (Phi) is 5.53. The monoisotopic (exact) mass is 506 g/mol. The van der Waals surface area contributed by atoms with Crippen molar-refractivity contribution in [2.24, 2.45) is 0 Å². The number of benzene rings is 3. The van der Waals surface area contributed by atoms with E-state index in [2.05, 4.69) is 0 Å². The van der Waals surface area contributed by atoms with Crippen molar-refractivity contribution in [1.82, 2.24) is 0 Å². The van der Waals surface area contributed by atoms with Crippen LogP contribution in [0.4, 0.5) is 0 Å². The second-order valence-corrected chi connectivity index (χ2v) is 10.4. The quantitative estimate of drug-likeness (QED) is 0.274. The van der Waals surface area contributed by atoms with E-state index >= 15 is 0 Å². The first-order chi connectivity index (χ1) is 17.8. The average molecular weight is 507 g/mol. The Morgan fingerprint density at radius 3 is 1.95 bits per heavy atom. The molecule has 7 N–H and O–H groups in total. The summed E-state index contributed by atoms with van der Waals surface area (Å²) in [5.41, 5.74) is 4.33. The van der Waals surface area contributed by atoms with Gasteiger partial charge in [-0.05, 0) is 61.6 Å². The molecule has 8 heteroatoms. The molecule has 0 bridgehead atoms. The maximum absolute atomic E-state index is 11.1. The van der Waals surface area contributed by atoms with Gasteiger partial charge in [-0.2, -0.15) is 0 Å². The van der Waals surface area contributed by atoms with Crippen LogP contribution >= 0.6 is 0 Å². The normalized spacial score (nSPS) is 22.5. The lowest BCUT2D eigenvalue weighted by Crippen LogP contribution is -2.32. The number of rotatable bonds is 2. The minimum Gasteiger partial charge on any atom is -0.508 e. The first-order valence-electron chi connectivity index (χ1n) is 12.8. The summed E-state index contributed by atoms with van der Waals surface area (Å²) in [5.74, 6) is -1.72. The molecule has 1 aliphatic heterocycles. The topological polar surface area (TPSA) is 151 Å². The molecule has 0 spiro atoms. The van der Waals surface area contributed by atoms with E-state index in [4.69, 9.17) is 4.74 Å². The number of ether oxygens (including phenoxy) is 1. The van der Waals surface area contributed by atoms with Gasteiger partial charge in [-0.15, -0.1) is 0 Å². The highest BCUT2D eigenvalue weighted by molar-refractivity contribution is 5.66. The van der Waals surface area contributed by atoms with Crippen LogP contribution in [0.3, 0.4) is 0 Å². The predicted molar refractivity (Wildman–Crippen MR) is 134 cm³/mol. The van der Waals surface area contributed by atoms with Gasteiger partial charge in [0.2, 0.25) is 0 Å². The molecule has 3 aliphatic rings. The van der Waals surface area contributed by atoms with Crippen LogP contribution in [0, 0.1) is 0 Å². The van der Waals surface area contributed by atoms with E-state index in [9.17, 15) is 35.7 Å². The van der Waals surface area contributed by atoms with Crippen LogP contribution in [-0.4, -0.2) is 48.5 Å². The van der Waals surface area contributed by atoms with E-state index < -0.39 is 12.0 Å². The van der Waals surface area contributed by atoms with Gasteiger partial charge < -0.3 is 40.5 Å². The summed E-state index contributed by atoms with van der Waals surface area (Å²) >= 11 is 0. The smallest absolute Gasteiger partial charge is 0.130 e. The van der Waals surface area contributed by atoms with Crippen LogP contribution in [0.1, 0.15) is 76.5 Å². The molecule has 2 aliphatic carbocycles. The van der Waals surface area contributed by atoms with Crippen molar-refractivity contribution in [2.75, 3.05) is 6.61 Å². The third-order valence-electron chi connectivity index (χ3n) is 8.26. The third-order valence-corrected chi connectivity index (χ3v) is 8.26. The van der Waals surface area contributed by atoms with Gasteiger partial charge in [-0.25, -0.2) is 0 Å². The van der Waals surface area contributed by atoms with Gasteiger partial charge in [0.25, 0.3) is 0 Å². The van der Waals surface area contributed by atoms with E-state index in [0.29, 0.717) is 47.9 Å². The molecule has 0 amide bonds. The molecule has 0 saturated heterocycles. The molecule has 3 atom stereocenters. The van der Waals surface area contributed by atoms with Crippen molar-refractivity contribution in [3.8, 4) is 40.2 Å². The number of hydrogen-bond acceptors (Lipinski definition) is 8. The van der Waals surface area contributed by atoms with Crippen LogP contribution < -0.4 is 4.74 Å².